The van der Waals surface area contributed by atoms with Crippen LogP contribution in [0.1, 0.15) is 46.5 Å². The minimum atomic E-state index is 0.838. The van der Waals surface area contributed by atoms with Gasteiger partial charge in [-0.15, -0.1) is 0 Å². The van der Waals surface area contributed by atoms with E-state index in [0.29, 0.717) is 0 Å². The van der Waals surface area contributed by atoms with E-state index in [4.69, 9.17) is 0 Å². The molecule has 0 N–H and O–H groups in total. The molecular formula is C12H20. The fourth-order valence-corrected chi connectivity index (χ4v) is 1.94. The zero-order valence-electron chi connectivity index (χ0n) is 8.56. The monoisotopic (exact) mass is 164 g/mol. The normalized spacial score (nSPS) is 24.4. The van der Waals surface area contributed by atoms with Gasteiger partial charge in [0.15, 0.2) is 0 Å². The Kier molecular flexibility index (Phi) is 3.58. The van der Waals surface area contributed by atoms with Gasteiger partial charge in [0.1, 0.15) is 0 Å². The van der Waals surface area contributed by atoms with Gasteiger partial charge in [0.25, 0.3) is 0 Å². The summed E-state index contributed by atoms with van der Waals surface area (Å²) in [5, 5.41) is 0. The van der Waals surface area contributed by atoms with E-state index in [1.165, 1.54) is 31.3 Å². The summed E-state index contributed by atoms with van der Waals surface area (Å²) in [4.78, 5) is 0. The number of hydrogen-bond acceptors (Lipinski definition) is 0. The molecule has 1 aliphatic rings. The summed E-state index contributed by atoms with van der Waals surface area (Å²) < 4.78 is 0. The summed E-state index contributed by atoms with van der Waals surface area (Å²) in [6.45, 7) is 6.81. The van der Waals surface area contributed by atoms with E-state index in [0.717, 1.165) is 5.92 Å². The van der Waals surface area contributed by atoms with Crippen molar-refractivity contribution in [2.24, 2.45) is 5.92 Å². The van der Waals surface area contributed by atoms with Crippen molar-refractivity contribution in [3.05, 3.63) is 23.3 Å². The van der Waals surface area contributed by atoms with Crippen molar-refractivity contribution >= 4 is 0 Å². The molecule has 0 nitrogen and oxygen atoms in total. The van der Waals surface area contributed by atoms with Crippen LogP contribution in [0.5, 0.6) is 0 Å². The molecule has 1 atom stereocenters. The molecule has 0 aliphatic heterocycles. The minimum absolute atomic E-state index is 0.838. The summed E-state index contributed by atoms with van der Waals surface area (Å²) in [5.74, 6) is 0.838. The Hall–Kier alpha value is -0.520. The first-order valence-electron chi connectivity index (χ1n) is 5.15. The van der Waals surface area contributed by atoms with Gasteiger partial charge in [-0.1, -0.05) is 37.1 Å². The molecule has 0 aromatic heterocycles. The average Bonchev–Trinajstić information content (AvgIpc) is 2.26. The van der Waals surface area contributed by atoms with Crippen molar-refractivity contribution in [2.45, 2.75) is 46.5 Å². The first-order chi connectivity index (χ1) is 5.77. The molecule has 0 heteroatoms. The lowest BCUT2D eigenvalue weighted by Gasteiger charge is -2.12. The molecule has 1 unspecified atom stereocenters. The quantitative estimate of drug-likeness (QED) is 0.576. The SMILES string of the molecule is CCC1=CCCC(CC)C(C)=C1. The second kappa shape index (κ2) is 4.49. The van der Waals surface area contributed by atoms with Crippen molar-refractivity contribution in [3.8, 4) is 0 Å². The van der Waals surface area contributed by atoms with Gasteiger partial charge in [-0.25, -0.2) is 0 Å². The molecule has 68 valence electrons. The smallest absolute Gasteiger partial charge is 0.0202 e. The maximum absolute atomic E-state index is 2.40. The summed E-state index contributed by atoms with van der Waals surface area (Å²) in [6.07, 6.45) is 9.90. The fraction of sp³-hybridized carbons (Fsp3) is 0.667. The van der Waals surface area contributed by atoms with Crippen LogP contribution >= 0.6 is 0 Å². The Balaban J connectivity index is 2.72. The van der Waals surface area contributed by atoms with Crippen molar-refractivity contribution in [1.82, 2.24) is 0 Å². The van der Waals surface area contributed by atoms with E-state index < -0.39 is 0 Å². The molecule has 0 bridgehead atoms. The Morgan fingerprint density at radius 3 is 2.75 bits per heavy atom. The van der Waals surface area contributed by atoms with E-state index in [9.17, 15) is 0 Å². The van der Waals surface area contributed by atoms with Gasteiger partial charge in [0.2, 0.25) is 0 Å². The largest absolute Gasteiger partial charge is 0.0813 e. The molecule has 0 radical (unpaired) electrons. The van der Waals surface area contributed by atoms with Crippen LogP contribution in [-0.4, -0.2) is 0 Å². The lowest BCUT2D eigenvalue weighted by atomic mass is 9.94. The van der Waals surface area contributed by atoms with Crippen molar-refractivity contribution in [1.29, 1.82) is 0 Å². The minimum Gasteiger partial charge on any atom is -0.0813 e. The second-order valence-electron chi connectivity index (χ2n) is 3.70. The first-order valence-corrected chi connectivity index (χ1v) is 5.15. The number of hydrogen-bond donors (Lipinski definition) is 0. The molecule has 0 aromatic rings. The van der Waals surface area contributed by atoms with E-state index >= 15 is 0 Å². The van der Waals surface area contributed by atoms with Gasteiger partial charge in [-0.05, 0) is 38.5 Å². The Bertz CT molecular complexity index is 196. The summed E-state index contributed by atoms with van der Waals surface area (Å²) in [7, 11) is 0. The fourth-order valence-electron chi connectivity index (χ4n) is 1.94. The van der Waals surface area contributed by atoms with Crippen molar-refractivity contribution in [2.75, 3.05) is 0 Å². The molecular weight excluding hydrogens is 144 g/mol. The van der Waals surface area contributed by atoms with Gasteiger partial charge >= 0.3 is 0 Å². The third-order valence-corrected chi connectivity index (χ3v) is 2.88. The lowest BCUT2D eigenvalue weighted by molar-refractivity contribution is 0.551. The molecule has 0 saturated carbocycles. The topological polar surface area (TPSA) is 0 Å². The molecule has 0 spiro atoms. The van der Waals surface area contributed by atoms with E-state index in [1.807, 2.05) is 0 Å². The predicted octanol–water partition coefficient (Wildman–Crippen LogP) is 4.09. The van der Waals surface area contributed by atoms with Crippen LogP contribution in [-0.2, 0) is 0 Å². The maximum Gasteiger partial charge on any atom is -0.0202 e. The van der Waals surface area contributed by atoms with Crippen LogP contribution < -0.4 is 0 Å². The van der Waals surface area contributed by atoms with Gasteiger partial charge in [0.05, 0.1) is 0 Å². The van der Waals surface area contributed by atoms with Gasteiger partial charge in [-0.2, -0.15) is 0 Å². The van der Waals surface area contributed by atoms with E-state index in [-0.39, 0.29) is 0 Å². The highest BCUT2D eigenvalue weighted by molar-refractivity contribution is 5.25. The van der Waals surface area contributed by atoms with Gasteiger partial charge in [-0.3, -0.25) is 0 Å². The van der Waals surface area contributed by atoms with E-state index in [2.05, 4.69) is 32.9 Å². The molecule has 12 heavy (non-hydrogen) atoms. The third kappa shape index (κ3) is 2.23. The van der Waals surface area contributed by atoms with Crippen LogP contribution in [0, 0.1) is 5.92 Å². The van der Waals surface area contributed by atoms with Gasteiger partial charge in [0, 0.05) is 0 Å². The molecule has 0 saturated heterocycles. The Labute approximate surface area is 76.4 Å². The number of allylic oxidation sites excluding steroid dienone is 4. The average molecular weight is 164 g/mol. The van der Waals surface area contributed by atoms with Crippen LogP contribution in [0.3, 0.4) is 0 Å². The maximum atomic E-state index is 2.40. The molecule has 0 heterocycles. The standard InChI is InChI=1S/C12H20/c1-4-11-7-6-8-12(5-2)10(3)9-11/h7,9,12H,4-6,8H2,1-3H3. The van der Waals surface area contributed by atoms with Crippen LogP contribution in [0.25, 0.3) is 0 Å². The summed E-state index contributed by atoms with van der Waals surface area (Å²) in [5.41, 5.74) is 3.12. The van der Waals surface area contributed by atoms with Crippen LogP contribution in [0.4, 0.5) is 0 Å². The zero-order chi connectivity index (χ0) is 8.97. The lowest BCUT2D eigenvalue weighted by Crippen LogP contribution is -1.98. The third-order valence-electron chi connectivity index (χ3n) is 2.88. The zero-order valence-corrected chi connectivity index (χ0v) is 8.56. The highest BCUT2D eigenvalue weighted by Gasteiger charge is 2.10. The summed E-state index contributed by atoms with van der Waals surface area (Å²) in [6, 6.07) is 0. The van der Waals surface area contributed by atoms with Crippen molar-refractivity contribution < 1.29 is 0 Å². The summed E-state index contributed by atoms with van der Waals surface area (Å²) >= 11 is 0. The van der Waals surface area contributed by atoms with Crippen LogP contribution in [0.2, 0.25) is 0 Å². The number of rotatable bonds is 2. The molecule has 0 aromatic carbocycles. The molecule has 1 aliphatic carbocycles. The Morgan fingerprint density at radius 1 is 1.42 bits per heavy atom. The highest BCUT2D eigenvalue weighted by Crippen LogP contribution is 2.26. The van der Waals surface area contributed by atoms with Crippen LogP contribution in [0.15, 0.2) is 23.3 Å². The predicted molar refractivity (Wildman–Crippen MR) is 55.1 cm³/mol. The van der Waals surface area contributed by atoms with Gasteiger partial charge < -0.3 is 0 Å². The highest BCUT2D eigenvalue weighted by atomic mass is 14.2. The Morgan fingerprint density at radius 2 is 2.17 bits per heavy atom. The molecule has 0 amide bonds. The molecule has 0 fully saturated rings. The second-order valence-corrected chi connectivity index (χ2v) is 3.70. The first kappa shape index (κ1) is 9.57. The van der Waals surface area contributed by atoms with Crippen molar-refractivity contribution in [3.63, 3.8) is 0 Å². The molecule has 1 rings (SSSR count). The van der Waals surface area contributed by atoms with E-state index in [1.54, 1.807) is 5.57 Å².